The quantitative estimate of drug-likeness (QED) is 0.650. The summed E-state index contributed by atoms with van der Waals surface area (Å²) in [5.41, 5.74) is 0.532. The molecule has 0 aliphatic carbocycles. The van der Waals surface area contributed by atoms with E-state index >= 15 is 0 Å². The third-order valence-corrected chi connectivity index (χ3v) is 3.02. The van der Waals surface area contributed by atoms with E-state index in [1.54, 1.807) is 10.7 Å². The predicted molar refractivity (Wildman–Crippen MR) is 74.6 cm³/mol. The maximum atomic E-state index is 11.0. The standard InChI is InChI=1S/C12H14ClN5O2/c1-2-14-6-12-15-8-16-17(12)7-9-5-10(13)3-4-11(9)18(19)20/h3-5,8,14H,2,6-7H2,1H3. The Hall–Kier alpha value is -1.99. The Bertz CT molecular complexity index is 614. The maximum absolute atomic E-state index is 11.0. The fourth-order valence-corrected chi connectivity index (χ4v) is 2.01. The maximum Gasteiger partial charge on any atom is 0.274 e. The van der Waals surface area contributed by atoms with Crippen molar-refractivity contribution in [2.75, 3.05) is 6.54 Å². The van der Waals surface area contributed by atoms with E-state index in [0.29, 0.717) is 17.1 Å². The van der Waals surface area contributed by atoms with Gasteiger partial charge in [0.15, 0.2) is 0 Å². The average Bonchev–Trinajstić information content (AvgIpc) is 2.83. The second kappa shape index (κ2) is 6.44. The van der Waals surface area contributed by atoms with Crippen molar-refractivity contribution in [1.82, 2.24) is 20.1 Å². The molecule has 0 radical (unpaired) electrons. The molecule has 0 aliphatic heterocycles. The summed E-state index contributed by atoms with van der Waals surface area (Å²) in [5.74, 6) is 0.723. The molecule has 1 aromatic heterocycles. The van der Waals surface area contributed by atoms with Gasteiger partial charge in [0.05, 0.1) is 23.6 Å². The van der Waals surface area contributed by atoms with Crippen LogP contribution in [0.25, 0.3) is 0 Å². The summed E-state index contributed by atoms with van der Waals surface area (Å²) in [5, 5.41) is 18.7. The third kappa shape index (κ3) is 3.31. The number of nitro benzene ring substituents is 1. The Morgan fingerprint density at radius 1 is 1.50 bits per heavy atom. The van der Waals surface area contributed by atoms with Gasteiger partial charge in [0.25, 0.3) is 5.69 Å². The van der Waals surface area contributed by atoms with Crippen molar-refractivity contribution < 1.29 is 4.92 Å². The number of rotatable bonds is 6. The Kier molecular flexibility index (Phi) is 4.65. The van der Waals surface area contributed by atoms with Crippen LogP contribution in [0, 0.1) is 10.1 Å². The first-order chi connectivity index (χ1) is 9.61. The highest BCUT2D eigenvalue weighted by Crippen LogP contribution is 2.23. The van der Waals surface area contributed by atoms with Gasteiger partial charge < -0.3 is 5.32 Å². The highest BCUT2D eigenvalue weighted by Gasteiger charge is 2.16. The summed E-state index contributed by atoms with van der Waals surface area (Å²) >= 11 is 5.90. The third-order valence-electron chi connectivity index (χ3n) is 2.79. The lowest BCUT2D eigenvalue weighted by Gasteiger charge is -2.07. The van der Waals surface area contributed by atoms with E-state index in [4.69, 9.17) is 11.6 Å². The van der Waals surface area contributed by atoms with Gasteiger partial charge in [-0.3, -0.25) is 10.1 Å². The molecule has 0 aliphatic rings. The molecule has 1 heterocycles. The van der Waals surface area contributed by atoms with E-state index in [0.717, 1.165) is 12.4 Å². The van der Waals surface area contributed by atoms with Crippen molar-refractivity contribution in [3.05, 3.63) is 51.1 Å². The van der Waals surface area contributed by atoms with Gasteiger partial charge in [0.2, 0.25) is 0 Å². The molecule has 2 rings (SSSR count). The molecule has 0 spiro atoms. The highest BCUT2D eigenvalue weighted by atomic mass is 35.5. The van der Waals surface area contributed by atoms with Crippen LogP contribution in [0.5, 0.6) is 0 Å². The summed E-state index contributed by atoms with van der Waals surface area (Å²) < 4.78 is 1.63. The fraction of sp³-hybridized carbons (Fsp3) is 0.333. The molecule has 0 unspecified atom stereocenters. The zero-order chi connectivity index (χ0) is 14.5. The van der Waals surface area contributed by atoms with Crippen LogP contribution in [0.1, 0.15) is 18.3 Å². The van der Waals surface area contributed by atoms with Gasteiger partial charge in [-0.05, 0) is 18.7 Å². The van der Waals surface area contributed by atoms with Crippen LogP contribution < -0.4 is 5.32 Å². The van der Waals surface area contributed by atoms with Crippen LogP contribution in [0.2, 0.25) is 5.02 Å². The van der Waals surface area contributed by atoms with Gasteiger partial charge >= 0.3 is 0 Å². The van der Waals surface area contributed by atoms with Crippen LogP contribution in [0.15, 0.2) is 24.5 Å². The van der Waals surface area contributed by atoms with Crippen LogP contribution in [0.3, 0.4) is 0 Å². The molecule has 0 saturated carbocycles. The van der Waals surface area contributed by atoms with Crippen molar-refractivity contribution in [2.24, 2.45) is 0 Å². The van der Waals surface area contributed by atoms with Gasteiger partial charge in [0.1, 0.15) is 12.2 Å². The first-order valence-electron chi connectivity index (χ1n) is 6.12. The van der Waals surface area contributed by atoms with Crippen molar-refractivity contribution in [1.29, 1.82) is 0 Å². The minimum absolute atomic E-state index is 0.0271. The van der Waals surface area contributed by atoms with Gasteiger partial charge in [-0.1, -0.05) is 18.5 Å². The zero-order valence-electron chi connectivity index (χ0n) is 10.9. The van der Waals surface area contributed by atoms with Crippen LogP contribution >= 0.6 is 11.6 Å². The molecule has 0 amide bonds. The Morgan fingerprint density at radius 3 is 3.00 bits per heavy atom. The molecular formula is C12H14ClN5O2. The van der Waals surface area contributed by atoms with E-state index in [-0.39, 0.29) is 12.2 Å². The smallest absolute Gasteiger partial charge is 0.274 e. The molecule has 1 aromatic carbocycles. The number of nitro groups is 1. The van der Waals surface area contributed by atoms with Crippen LogP contribution in [-0.2, 0) is 13.1 Å². The molecule has 8 heteroatoms. The number of halogens is 1. The molecule has 106 valence electrons. The number of nitrogens with zero attached hydrogens (tertiary/aromatic N) is 4. The Balaban J connectivity index is 2.28. The SMILES string of the molecule is CCNCc1ncnn1Cc1cc(Cl)ccc1[N+](=O)[O-]. The lowest BCUT2D eigenvalue weighted by atomic mass is 10.2. The lowest BCUT2D eigenvalue weighted by Crippen LogP contribution is -2.17. The second-order valence-electron chi connectivity index (χ2n) is 4.14. The molecule has 0 bridgehead atoms. The van der Waals surface area contributed by atoms with Crippen molar-refractivity contribution in [3.8, 4) is 0 Å². The number of hydrogen-bond acceptors (Lipinski definition) is 5. The first kappa shape index (κ1) is 14.4. The van der Waals surface area contributed by atoms with Crippen molar-refractivity contribution >= 4 is 17.3 Å². The van der Waals surface area contributed by atoms with E-state index < -0.39 is 4.92 Å². The largest absolute Gasteiger partial charge is 0.310 e. The first-order valence-corrected chi connectivity index (χ1v) is 6.49. The number of nitrogens with one attached hydrogen (secondary N) is 1. The van der Waals surface area contributed by atoms with Gasteiger partial charge in [-0.2, -0.15) is 5.10 Å². The Labute approximate surface area is 120 Å². The topological polar surface area (TPSA) is 85.9 Å². The number of benzene rings is 1. The van der Waals surface area contributed by atoms with Crippen molar-refractivity contribution in [3.63, 3.8) is 0 Å². The Morgan fingerprint density at radius 2 is 2.30 bits per heavy atom. The molecule has 2 aromatic rings. The number of hydrogen-bond donors (Lipinski definition) is 1. The molecule has 1 N–H and O–H groups in total. The van der Waals surface area contributed by atoms with E-state index in [1.165, 1.54) is 18.5 Å². The normalized spacial score (nSPS) is 10.7. The summed E-state index contributed by atoms with van der Waals surface area (Å²) in [6.45, 7) is 3.62. The summed E-state index contributed by atoms with van der Waals surface area (Å²) in [6, 6.07) is 4.49. The molecule has 0 fully saturated rings. The van der Waals surface area contributed by atoms with Crippen LogP contribution in [0.4, 0.5) is 5.69 Å². The van der Waals surface area contributed by atoms with Gasteiger partial charge in [-0.25, -0.2) is 9.67 Å². The summed E-state index contributed by atoms with van der Waals surface area (Å²) in [6.07, 6.45) is 1.43. The van der Waals surface area contributed by atoms with E-state index in [1.807, 2.05) is 6.92 Å². The van der Waals surface area contributed by atoms with Gasteiger partial charge in [-0.15, -0.1) is 0 Å². The lowest BCUT2D eigenvalue weighted by molar-refractivity contribution is -0.385. The van der Waals surface area contributed by atoms with Gasteiger partial charge in [0, 0.05) is 11.1 Å². The minimum atomic E-state index is -0.424. The molecule has 0 atom stereocenters. The van der Waals surface area contributed by atoms with E-state index in [2.05, 4.69) is 15.4 Å². The second-order valence-corrected chi connectivity index (χ2v) is 4.58. The monoisotopic (exact) mass is 295 g/mol. The molecule has 20 heavy (non-hydrogen) atoms. The molecule has 7 nitrogen and oxygen atoms in total. The zero-order valence-corrected chi connectivity index (χ0v) is 11.7. The average molecular weight is 296 g/mol. The van der Waals surface area contributed by atoms with Crippen LogP contribution in [-0.4, -0.2) is 26.2 Å². The summed E-state index contributed by atoms with van der Waals surface area (Å²) in [7, 11) is 0. The van der Waals surface area contributed by atoms with E-state index in [9.17, 15) is 10.1 Å². The minimum Gasteiger partial charge on any atom is -0.310 e. The van der Waals surface area contributed by atoms with Crippen molar-refractivity contribution in [2.45, 2.75) is 20.0 Å². The fourth-order valence-electron chi connectivity index (χ4n) is 1.81. The highest BCUT2D eigenvalue weighted by molar-refractivity contribution is 6.30. The summed E-state index contributed by atoms with van der Waals surface area (Å²) in [4.78, 5) is 14.7. The molecule has 0 saturated heterocycles. The molecular weight excluding hydrogens is 282 g/mol. The predicted octanol–water partition coefficient (Wildman–Crippen LogP) is 2.00. The number of aromatic nitrogens is 3.